The Balaban J connectivity index is 2.50. The first-order valence-corrected chi connectivity index (χ1v) is 5.74. The minimum Gasteiger partial charge on any atom is -0.325 e. The molecule has 0 saturated carbocycles. The van der Waals surface area contributed by atoms with Crippen molar-refractivity contribution >= 4 is 11.6 Å². The fourth-order valence-electron chi connectivity index (χ4n) is 1.43. The molecule has 0 bridgehead atoms. The van der Waals surface area contributed by atoms with Crippen molar-refractivity contribution in [3.05, 3.63) is 29.8 Å². The lowest BCUT2D eigenvalue weighted by molar-refractivity contribution is -0.117. The normalized spacial score (nSPS) is 12.2. The summed E-state index contributed by atoms with van der Waals surface area (Å²) in [6.07, 6.45) is 1.03. The second-order valence-electron chi connectivity index (χ2n) is 4.03. The van der Waals surface area contributed by atoms with Crippen molar-refractivity contribution in [3.63, 3.8) is 0 Å². The van der Waals surface area contributed by atoms with Gasteiger partial charge in [0.05, 0.1) is 6.04 Å². The second kappa shape index (κ2) is 6.28. The first-order valence-electron chi connectivity index (χ1n) is 5.74. The Morgan fingerprint density at radius 3 is 2.81 bits per heavy atom. The van der Waals surface area contributed by atoms with Crippen LogP contribution in [0.5, 0.6) is 0 Å². The predicted octanol–water partition coefficient (Wildman–Crippen LogP) is 2.32. The van der Waals surface area contributed by atoms with E-state index >= 15 is 0 Å². The molecule has 1 atom stereocenters. The van der Waals surface area contributed by atoms with Crippen molar-refractivity contribution in [1.29, 1.82) is 0 Å². The maximum Gasteiger partial charge on any atom is 0.241 e. The summed E-state index contributed by atoms with van der Waals surface area (Å²) >= 11 is 0. The number of amides is 1. The molecule has 1 unspecified atom stereocenters. The van der Waals surface area contributed by atoms with Gasteiger partial charge in [-0.15, -0.1) is 0 Å². The van der Waals surface area contributed by atoms with E-state index in [9.17, 15) is 4.79 Å². The number of hydrogen-bond donors (Lipinski definition) is 2. The zero-order valence-electron chi connectivity index (χ0n) is 10.2. The average molecular weight is 220 g/mol. The molecule has 0 fully saturated rings. The molecule has 0 aliphatic heterocycles. The molecule has 88 valence electrons. The summed E-state index contributed by atoms with van der Waals surface area (Å²) in [5, 5.41) is 6.04. The Labute approximate surface area is 97.2 Å². The molecule has 3 nitrogen and oxygen atoms in total. The van der Waals surface area contributed by atoms with Crippen LogP contribution in [0.1, 0.15) is 25.8 Å². The SMILES string of the molecule is CCCNC(C)C(=O)Nc1cccc(C)c1. The van der Waals surface area contributed by atoms with Gasteiger partial charge >= 0.3 is 0 Å². The summed E-state index contributed by atoms with van der Waals surface area (Å²) in [5.41, 5.74) is 2.00. The van der Waals surface area contributed by atoms with Gasteiger partial charge in [0.15, 0.2) is 0 Å². The van der Waals surface area contributed by atoms with Crippen molar-refractivity contribution in [3.8, 4) is 0 Å². The van der Waals surface area contributed by atoms with Gasteiger partial charge in [-0.1, -0.05) is 19.1 Å². The maximum atomic E-state index is 11.8. The minimum absolute atomic E-state index is 0.0130. The van der Waals surface area contributed by atoms with Crippen LogP contribution in [-0.4, -0.2) is 18.5 Å². The maximum absolute atomic E-state index is 11.8. The Bertz CT molecular complexity index is 350. The number of rotatable bonds is 5. The lowest BCUT2D eigenvalue weighted by atomic mass is 10.2. The van der Waals surface area contributed by atoms with Crippen LogP contribution in [0.25, 0.3) is 0 Å². The largest absolute Gasteiger partial charge is 0.325 e. The zero-order chi connectivity index (χ0) is 12.0. The smallest absolute Gasteiger partial charge is 0.241 e. The third-order valence-electron chi connectivity index (χ3n) is 2.38. The van der Waals surface area contributed by atoms with Crippen molar-refractivity contribution in [2.24, 2.45) is 0 Å². The molecule has 0 aliphatic rings. The Morgan fingerprint density at radius 2 is 2.19 bits per heavy atom. The van der Waals surface area contributed by atoms with Crippen molar-refractivity contribution in [1.82, 2.24) is 5.32 Å². The predicted molar refractivity (Wildman–Crippen MR) is 67.6 cm³/mol. The lowest BCUT2D eigenvalue weighted by Gasteiger charge is -2.13. The number of hydrogen-bond acceptors (Lipinski definition) is 2. The van der Waals surface area contributed by atoms with Crippen LogP contribution >= 0.6 is 0 Å². The molecule has 2 N–H and O–H groups in total. The van der Waals surface area contributed by atoms with Crippen LogP contribution in [0.4, 0.5) is 5.69 Å². The van der Waals surface area contributed by atoms with E-state index < -0.39 is 0 Å². The lowest BCUT2D eigenvalue weighted by Crippen LogP contribution is -2.38. The third-order valence-corrected chi connectivity index (χ3v) is 2.38. The number of carbonyl (C=O) groups excluding carboxylic acids is 1. The molecule has 0 aromatic heterocycles. The summed E-state index contributed by atoms with van der Waals surface area (Å²) in [5.74, 6) is 0.0130. The van der Waals surface area contributed by atoms with Gasteiger partial charge in [-0.05, 0) is 44.5 Å². The van der Waals surface area contributed by atoms with Crippen LogP contribution in [-0.2, 0) is 4.79 Å². The van der Waals surface area contributed by atoms with Crippen LogP contribution in [0, 0.1) is 6.92 Å². The van der Waals surface area contributed by atoms with E-state index in [4.69, 9.17) is 0 Å². The van der Waals surface area contributed by atoms with E-state index in [1.807, 2.05) is 38.1 Å². The molecule has 16 heavy (non-hydrogen) atoms. The first-order chi connectivity index (χ1) is 7.63. The molecule has 0 spiro atoms. The summed E-state index contributed by atoms with van der Waals surface area (Å²) in [6.45, 7) is 6.83. The van der Waals surface area contributed by atoms with Crippen LogP contribution in [0.3, 0.4) is 0 Å². The Kier molecular flexibility index (Phi) is 4.99. The molecule has 0 heterocycles. The number of carbonyl (C=O) groups is 1. The monoisotopic (exact) mass is 220 g/mol. The molecule has 1 aromatic rings. The van der Waals surface area contributed by atoms with Gasteiger partial charge in [0.2, 0.25) is 5.91 Å². The topological polar surface area (TPSA) is 41.1 Å². The molecule has 0 aliphatic carbocycles. The number of benzene rings is 1. The van der Waals surface area contributed by atoms with E-state index in [-0.39, 0.29) is 11.9 Å². The molecular weight excluding hydrogens is 200 g/mol. The Morgan fingerprint density at radius 1 is 1.44 bits per heavy atom. The molecule has 1 amide bonds. The minimum atomic E-state index is -0.152. The molecule has 0 radical (unpaired) electrons. The molecule has 1 rings (SSSR count). The van der Waals surface area contributed by atoms with Crippen LogP contribution in [0.15, 0.2) is 24.3 Å². The highest BCUT2D eigenvalue weighted by molar-refractivity contribution is 5.94. The highest BCUT2D eigenvalue weighted by Crippen LogP contribution is 2.09. The fourth-order valence-corrected chi connectivity index (χ4v) is 1.43. The van der Waals surface area contributed by atoms with E-state index in [0.717, 1.165) is 24.2 Å². The van der Waals surface area contributed by atoms with Gasteiger partial charge in [0, 0.05) is 5.69 Å². The van der Waals surface area contributed by atoms with E-state index in [1.54, 1.807) is 0 Å². The van der Waals surface area contributed by atoms with Gasteiger partial charge < -0.3 is 10.6 Å². The summed E-state index contributed by atoms with van der Waals surface area (Å²) in [4.78, 5) is 11.8. The average Bonchev–Trinajstić information content (AvgIpc) is 2.25. The second-order valence-corrected chi connectivity index (χ2v) is 4.03. The highest BCUT2D eigenvalue weighted by Gasteiger charge is 2.11. The first kappa shape index (κ1) is 12.7. The van der Waals surface area contributed by atoms with Crippen molar-refractivity contribution < 1.29 is 4.79 Å². The molecule has 0 saturated heterocycles. The molecule has 3 heteroatoms. The highest BCUT2D eigenvalue weighted by atomic mass is 16.2. The van der Waals surface area contributed by atoms with E-state index in [2.05, 4.69) is 17.6 Å². The van der Waals surface area contributed by atoms with E-state index in [1.165, 1.54) is 0 Å². The van der Waals surface area contributed by atoms with Gasteiger partial charge in [0.25, 0.3) is 0 Å². The molecule has 1 aromatic carbocycles. The molecular formula is C13H20N2O. The fraction of sp³-hybridized carbons (Fsp3) is 0.462. The van der Waals surface area contributed by atoms with Gasteiger partial charge in [-0.2, -0.15) is 0 Å². The van der Waals surface area contributed by atoms with Crippen molar-refractivity contribution in [2.45, 2.75) is 33.2 Å². The summed E-state index contributed by atoms with van der Waals surface area (Å²) < 4.78 is 0. The third kappa shape index (κ3) is 4.03. The van der Waals surface area contributed by atoms with Gasteiger partial charge in [-0.3, -0.25) is 4.79 Å². The number of nitrogens with one attached hydrogen (secondary N) is 2. The van der Waals surface area contributed by atoms with Crippen LogP contribution in [0.2, 0.25) is 0 Å². The quantitative estimate of drug-likeness (QED) is 0.799. The summed E-state index contributed by atoms with van der Waals surface area (Å²) in [6, 6.07) is 7.66. The van der Waals surface area contributed by atoms with Crippen molar-refractivity contribution in [2.75, 3.05) is 11.9 Å². The van der Waals surface area contributed by atoms with E-state index in [0.29, 0.717) is 0 Å². The zero-order valence-corrected chi connectivity index (χ0v) is 10.2. The summed E-state index contributed by atoms with van der Waals surface area (Å²) in [7, 11) is 0. The Hall–Kier alpha value is -1.35. The standard InChI is InChI=1S/C13H20N2O/c1-4-8-14-11(3)13(16)15-12-7-5-6-10(2)9-12/h5-7,9,11,14H,4,8H2,1-3H3,(H,15,16). The number of aryl methyl sites for hydroxylation is 1. The van der Waals surface area contributed by atoms with Gasteiger partial charge in [-0.25, -0.2) is 0 Å². The number of anilines is 1. The van der Waals surface area contributed by atoms with Crippen LogP contribution < -0.4 is 10.6 Å². The van der Waals surface area contributed by atoms with Gasteiger partial charge in [0.1, 0.15) is 0 Å².